The second kappa shape index (κ2) is 6.69. The summed E-state index contributed by atoms with van der Waals surface area (Å²) in [7, 11) is 0. The van der Waals surface area contributed by atoms with E-state index >= 15 is 0 Å². The van der Waals surface area contributed by atoms with Crippen molar-refractivity contribution < 1.29 is 4.79 Å². The van der Waals surface area contributed by atoms with Gasteiger partial charge in [0, 0.05) is 24.0 Å². The first-order chi connectivity index (χ1) is 9.22. The van der Waals surface area contributed by atoms with Gasteiger partial charge >= 0.3 is 0 Å². The van der Waals surface area contributed by atoms with Crippen molar-refractivity contribution in [2.75, 3.05) is 0 Å². The van der Waals surface area contributed by atoms with E-state index in [4.69, 9.17) is 0 Å². The van der Waals surface area contributed by atoms with E-state index in [0.29, 0.717) is 18.5 Å². The third-order valence-corrected chi connectivity index (χ3v) is 4.13. The second-order valence-corrected chi connectivity index (χ2v) is 5.49. The molecule has 3 heteroatoms. The average molecular weight is 260 g/mol. The predicted octanol–water partition coefficient (Wildman–Crippen LogP) is 3.19. The first-order valence-corrected chi connectivity index (χ1v) is 7.43. The average Bonchev–Trinajstić information content (AvgIpc) is 2.93. The Bertz CT molecular complexity index is 398. The van der Waals surface area contributed by atoms with Gasteiger partial charge in [-0.2, -0.15) is 0 Å². The molecule has 0 aliphatic heterocycles. The van der Waals surface area contributed by atoms with Crippen LogP contribution in [0, 0.1) is 0 Å². The Morgan fingerprint density at radius 3 is 2.74 bits per heavy atom. The Hall–Kier alpha value is -1.38. The maximum Gasteiger partial charge on any atom is 0.229 e. The van der Waals surface area contributed by atoms with E-state index < -0.39 is 0 Å². The van der Waals surface area contributed by atoms with E-state index in [0.717, 1.165) is 25.0 Å². The molecule has 0 saturated heterocycles. The molecule has 0 N–H and O–H groups in total. The molecule has 0 bridgehead atoms. The lowest BCUT2D eigenvalue weighted by molar-refractivity contribution is -0.135. The zero-order valence-electron chi connectivity index (χ0n) is 12.0. The lowest BCUT2D eigenvalue weighted by atomic mass is 10.1. The molecule has 19 heavy (non-hydrogen) atoms. The Labute approximate surface area is 116 Å². The first-order valence-electron chi connectivity index (χ1n) is 7.43. The molecule has 1 aliphatic carbocycles. The zero-order chi connectivity index (χ0) is 13.7. The lowest BCUT2D eigenvalue weighted by Crippen LogP contribution is -2.45. The van der Waals surface area contributed by atoms with Gasteiger partial charge in [0.25, 0.3) is 0 Å². The Morgan fingerprint density at radius 2 is 2.16 bits per heavy atom. The van der Waals surface area contributed by atoms with E-state index in [1.54, 1.807) is 6.20 Å². The third kappa shape index (κ3) is 3.55. The second-order valence-electron chi connectivity index (χ2n) is 5.49. The monoisotopic (exact) mass is 260 g/mol. The number of amides is 1. The minimum Gasteiger partial charge on any atom is -0.337 e. The van der Waals surface area contributed by atoms with Crippen molar-refractivity contribution in [3.05, 3.63) is 30.1 Å². The fraction of sp³-hybridized carbons (Fsp3) is 0.625. The first kappa shape index (κ1) is 14.0. The van der Waals surface area contributed by atoms with E-state index in [9.17, 15) is 4.79 Å². The van der Waals surface area contributed by atoms with Crippen molar-refractivity contribution in [2.45, 2.75) is 64.5 Å². The number of carbonyl (C=O) groups excluding carboxylic acids is 1. The van der Waals surface area contributed by atoms with Crippen molar-refractivity contribution in [2.24, 2.45) is 0 Å². The van der Waals surface area contributed by atoms with Crippen molar-refractivity contribution in [1.82, 2.24) is 9.88 Å². The van der Waals surface area contributed by atoms with Gasteiger partial charge in [-0.3, -0.25) is 9.78 Å². The Morgan fingerprint density at radius 1 is 1.42 bits per heavy atom. The fourth-order valence-corrected chi connectivity index (χ4v) is 2.94. The molecular formula is C16H24N2O. The highest BCUT2D eigenvalue weighted by atomic mass is 16.2. The van der Waals surface area contributed by atoms with Crippen LogP contribution in [0.3, 0.4) is 0 Å². The molecule has 1 fully saturated rings. The smallest absolute Gasteiger partial charge is 0.229 e. The van der Waals surface area contributed by atoms with Crippen LogP contribution < -0.4 is 0 Å². The maximum atomic E-state index is 12.6. The molecule has 1 saturated carbocycles. The summed E-state index contributed by atoms with van der Waals surface area (Å²) in [6, 6.07) is 6.54. The lowest BCUT2D eigenvalue weighted by Gasteiger charge is -2.34. The predicted molar refractivity (Wildman–Crippen MR) is 76.8 cm³/mol. The number of pyridine rings is 1. The highest BCUT2D eigenvalue weighted by Gasteiger charge is 2.29. The van der Waals surface area contributed by atoms with E-state index in [1.165, 1.54) is 12.8 Å². The summed E-state index contributed by atoms with van der Waals surface area (Å²) in [5.74, 6) is 0.236. The summed E-state index contributed by atoms with van der Waals surface area (Å²) < 4.78 is 0. The summed E-state index contributed by atoms with van der Waals surface area (Å²) in [4.78, 5) is 19.0. The molecule has 1 heterocycles. The minimum atomic E-state index is 0.236. The summed E-state index contributed by atoms with van der Waals surface area (Å²) in [6.07, 6.45) is 8.05. The fourth-order valence-electron chi connectivity index (χ4n) is 2.94. The van der Waals surface area contributed by atoms with Gasteiger partial charge in [0.1, 0.15) is 0 Å². The quantitative estimate of drug-likeness (QED) is 0.814. The van der Waals surface area contributed by atoms with Gasteiger partial charge in [0.15, 0.2) is 0 Å². The van der Waals surface area contributed by atoms with Crippen LogP contribution in [0.4, 0.5) is 0 Å². The van der Waals surface area contributed by atoms with Crippen molar-refractivity contribution in [1.29, 1.82) is 0 Å². The summed E-state index contributed by atoms with van der Waals surface area (Å²) in [5, 5.41) is 0. The summed E-state index contributed by atoms with van der Waals surface area (Å²) in [5.41, 5.74) is 0.874. The van der Waals surface area contributed by atoms with Crippen LogP contribution in [-0.4, -0.2) is 27.9 Å². The van der Waals surface area contributed by atoms with Crippen LogP contribution in [0.15, 0.2) is 24.4 Å². The van der Waals surface area contributed by atoms with Crippen LogP contribution in [0.5, 0.6) is 0 Å². The Kier molecular flexibility index (Phi) is 4.94. The largest absolute Gasteiger partial charge is 0.337 e. The van der Waals surface area contributed by atoms with Crippen molar-refractivity contribution in [3.8, 4) is 0 Å². The molecule has 3 nitrogen and oxygen atoms in total. The maximum absolute atomic E-state index is 12.6. The molecule has 1 aromatic heterocycles. The van der Waals surface area contributed by atoms with E-state index in [1.807, 2.05) is 18.2 Å². The van der Waals surface area contributed by atoms with Crippen LogP contribution in [-0.2, 0) is 11.2 Å². The number of hydrogen-bond donors (Lipinski definition) is 0. The van der Waals surface area contributed by atoms with E-state index in [-0.39, 0.29) is 5.91 Å². The highest BCUT2D eigenvalue weighted by Crippen LogP contribution is 2.26. The highest BCUT2D eigenvalue weighted by molar-refractivity contribution is 5.79. The van der Waals surface area contributed by atoms with E-state index in [2.05, 4.69) is 23.7 Å². The standard InChI is InChI=1S/C16H24N2O/c1-3-13(2)18(15-9-4-5-10-15)16(19)12-14-8-6-7-11-17-14/h6-8,11,13,15H,3-5,9-10,12H2,1-2H3. The molecule has 1 aliphatic rings. The van der Waals surface area contributed by atoms with Gasteiger partial charge in [-0.25, -0.2) is 0 Å². The van der Waals surface area contributed by atoms with Crippen LogP contribution in [0.1, 0.15) is 51.6 Å². The summed E-state index contributed by atoms with van der Waals surface area (Å²) in [6.45, 7) is 4.31. The molecule has 1 amide bonds. The molecule has 0 spiro atoms. The number of nitrogens with zero attached hydrogens (tertiary/aromatic N) is 2. The molecule has 1 aromatic rings. The zero-order valence-corrected chi connectivity index (χ0v) is 12.0. The van der Waals surface area contributed by atoms with Crippen molar-refractivity contribution >= 4 is 5.91 Å². The van der Waals surface area contributed by atoms with Gasteiger partial charge in [0.2, 0.25) is 5.91 Å². The van der Waals surface area contributed by atoms with Gasteiger partial charge in [-0.15, -0.1) is 0 Å². The number of aromatic nitrogens is 1. The molecular weight excluding hydrogens is 236 g/mol. The topological polar surface area (TPSA) is 33.2 Å². The van der Waals surface area contributed by atoms with Gasteiger partial charge in [-0.1, -0.05) is 25.8 Å². The molecule has 1 atom stereocenters. The van der Waals surface area contributed by atoms with Gasteiger partial charge in [0.05, 0.1) is 6.42 Å². The molecule has 0 radical (unpaired) electrons. The summed E-state index contributed by atoms with van der Waals surface area (Å²) >= 11 is 0. The third-order valence-electron chi connectivity index (χ3n) is 4.13. The normalized spacial score (nSPS) is 17.4. The van der Waals surface area contributed by atoms with Gasteiger partial charge < -0.3 is 4.90 Å². The minimum absolute atomic E-state index is 0.236. The van der Waals surface area contributed by atoms with Crippen molar-refractivity contribution in [3.63, 3.8) is 0 Å². The number of hydrogen-bond acceptors (Lipinski definition) is 2. The van der Waals surface area contributed by atoms with Crippen LogP contribution in [0.2, 0.25) is 0 Å². The molecule has 1 unspecified atom stereocenters. The SMILES string of the molecule is CCC(C)N(C(=O)Cc1ccccn1)C1CCCC1. The number of rotatable bonds is 5. The molecule has 104 valence electrons. The van der Waals surface area contributed by atoms with Crippen LogP contribution >= 0.6 is 0 Å². The Balaban J connectivity index is 2.07. The molecule has 0 aromatic carbocycles. The van der Waals surface area contributed by atoms with Crippen LogP contribution in [0.25, 0.3) is 0 Å². The van der Waals surface area contributed by atoms with Gasteiger partial charge in [-0.05, 0) is 38.3 Å². The molecule has 2 rings (SSSR count). The number of carbonyl (C=O) groups is 1.